The zero-order valence-electron chi connectivity index (χ0n) is 17.6. The predicted molar refractivity (Wildman–Crippen MR) is 109 cm³/mol. The first-order valence-corrected chi connectivity index (χ1v) is 11.0. The maximum atomic E-state index is 12.1. The molecule has 0 saturated carbocycles. The van der Waals surface area contributed by atoms with Crippen LogP contribution in [0.15, 0.2) is 0 Å². The summed E-state index contributed by atoms with van der Waals surface area (Å²) in [5, 5.41) is 2.78. The fourth-order valence-electron chi connectivity index (χ4n) is 3.12. The lowest BCUT2D eigenvalue weighted by Gasteiger charge is -2.18. The lowest BCUT2D eigenvalue weighted by molar-refractivity contribution is -0.150. The number of hydrogen-bond acceptors (Lipinski definition) is 3. The van der Waals surface area contributed by atoms with Crippen molar-refractivity contribution in [3.63, 3.8) is 0 Å². The molecule has 0 saturated heterocycles. The van der Waals surface area contributed by atoms with Gasteiger partial charge in [0.1, 0.15) is 6.10 Å². The normalized spacial score (nSPS) is 12.0. The van der Waals surface area contributed by atoms with Gasteiger partial charge in [-0.3, -0.25) is 9.59 Å². The minimum Gasteiger partial charge on any atom is -0.462 e. The van der Waals surface area contributed by atoms with E-state index in [0.717, 1.165) is 38.5 Å². The molecule has 26 heavy (non-hydrogen) atoms. The quantitative estimate of drug-likeness (QED) is 0.241. The van der Waals surface area contributed by atoms with Crippen LogP contribution in [0.4, 0.5) is 0 Å². The van der Waals surface area contributed by atoms with E-state index >= 15 is 0 Å². The monoisotopic (exact) mass is 369 g/mol. The number of rotatable bonds is 18. The Balaban J connectivity index is 3.95. The van der Waals surface area contributed by atoms with E-state index < -0.39 is 0 Å². The maximum Gasteiger partial charge on any atom is 0.306 e. The van der Waals surface area contributed by atoms with Crippen LogP contribution < -0.4 is 5.32 Å². The Hall–Kier alpha value is -1.06. The molecule has 0 radical (unpaired) electrons. The van der Waals surface area contributed by atoms with Gasteiger partial charge in [0.2, 0.25) is 5.91 Å². The van der Waals surface area contributed by atoms with Crippen LogP contribution in [0.1, 0.15) is 117 Å². The summed E-state index contributed by atoms with van der Waals surface area (Å²) in [6.45, 7) is 6.67. The standard InChI is InChI=1S/C22H43NO3/c1-4-6-8-10-13-17-21(16-12-9-7-5-2)26-22(25)18-14-11-15-19-23-20(3)24/h21H,4-19H2,1-3H3,(H,23,24). The first-order chi connectivity index (χ1) is 12.6. The van der Waals surface area contributed by atoms with Gasteiger partial charge in [-0.2, -0.15) is 0 Å². The molecule has 0 aromatic heterocycles. The van der Waals surface area contributed by atoms with Gasteiger partial charge >= 0.3 is 5.97 Å². The highest BCUT2D eigenvalue weighted by molar-refractivity contribution is 5.72. The molecule has 0 aromatic carbocycles. The third-order valence-electron chi connectivity index (χ3n) is 4.74. The van der Waals surface area contributed by atoms with Gasteiger partial charge in [-0.1, -0.05) is 65.2 Å². The Kier molecular flexibility index (Phi) is 18.0. The van der Waals surface area contributed by atoms with Crippen molar-refractivity contribution >= 4 is 11.9 Å². The first kappa shape index (κ1) is 24.9. The van der Waals surface area contributed by atoms with Gasteiger partial charge in [0, 0.05) is 19.9 Å². The fourth-order valence-corrected chi connectivity index (χ4v) is 3.12. The molecule has 0 bridgehead atoms. The van der Waals surface area contributed by atoms with Crippen LogP contribution >= 0.6 is 0 Å². The Bertz CT molecular complexity index is 344. The number of carbonyl (C=O) groups is 2. The molecule has 0 rings (SSSR count). The number of hydrogen-bond donors (Lipinski definition) is 1. The van der Waals surface area contributed by atoms with Crippen LogP contribution in [0.2, 0.25) is 0 Å². The Morgan fingerprint density at radius 1 is 0.769 bits per heavy atom. The highest BCUT2D eigenvalue weighted by Gasteiger charge is 2.14. The summed E-state index contributed by atoms with van der Waals surface area (Å²) in [5.74, 6) is -0.0344. The highest BCUT2D eigenvalue weighted by Crippen LogP contribution is 2.17. The molecule has 0 aliphatic heterocycles. The van der Waals surface area contributed by atoms with Crippen molar-refractivity contribution in [1.82, 2.24) is 5.32 Å². The van der Waals surface area contributed by atoms with Gasteiger partial charge < -0.3 is 10.1 Å². The van der Waals surface area contributed by atoms with E-state index in [4.69, 9.17) is 4.74 Å². The Morgan fingerprint density at radius 2 is 1.31 bits per heavy atom. The topological polar surface area (TPSA) is 55.4 Å². The van der Waals surface area contributed by atoms with Gasteiger partial charge in [-0.15, -0.1) is 0 Å². The number of nitrogens with one attached hydrogen (secondary N) is 1. The summed E-state index contributed by atoms with van der Waals surface area (Å²) in [6.07, 6.45) is 16.6. The third-order valence-corrected chi connectivity index (χ3v) is 4.74. The van der Waals surface area contributed by atoms with Crippen LogP contribution in [0.25, 0.3) is 0 Å². The van der Waals surface area contributed by atoms with E-state index in [1.165, 1.54) is 58.3 Å². The summed E-state index contributed by atoms with van der Waals surface area (Å²) in [6, 6.07) is 0. The van der Waals surface area contributed by atoms with Crippen molar-refractivity contribution in [2.75, 3.05) is 6.54 Å². The van der Waals surface area contributed by atoms with Crippen LogP contribution in [-0.2, 0) is 14.3 Å². The van der Waals surface area contributed by atoms with E-state index in [2.05, 4.69) is 19.2 Å². The SMILES string of the molecule is CCCCCCCC(CCCCCC)OC(=O)CCCCCNC(C)=O. The third kappa shape index (κ3) is 17.8. The molecule has 0 aliphatic carbocycles. The zero-order valence-corrected chi connectivity index (χ0v) is 17.6. The minimum atomic E-state index is -0.0430. The van der Waals surface area contributed by atoms with Gasteiger partial charge in [0.05, 0.1) is 0 Å². The van der Waals surface area contributed by atoms with E-state index in [9.17, 15) is 9.59 Å². The molecular weight excluding hydrogens is 326 g/mol. The van der Waals surface area contributed by atoms with Gasteiger partial charge in [-0.05, 0) is 38.5 Å². The summed E-state index contributed by atoms with van der Waals surface area (Å²) >= 11 is 0. The number of ether oxygens (including phenoxy) is 1. The summed E-state index contributed by atoms with van der Waals surface area (Å²) in [5.41, 5.74) is 0. The molecule has 0 aliphatic rings. The van der Waals surface area contributed by atoms with Crippen molar-refractivity contribution in [2.45, 2.75) is 123 Å². The number of esters is 1. The molecule has 1 N–H and O–H groups in total. The number of amides is 1. The Labute approximate surface area is 161 Å². The smallest absolute Gasteiger partial charge is 0.306 e. The average molecular weight is 370 g/mol. The highest BCUT2D eigenvalue weighted by atomic mass is 16.5. The van der Waals surface area contributed by atoms with Gasteiger partial charge in [0.15, 0.2) is 0 Å². The molecule has 154 valence electrons. The molecule has 0 spiro atoms. The van der Waals surface area contributed by atoms with E-state index in [0.29, 0.717) is 13.0 Å². The lowest BCUT2D eigenvalue weighted by atomic mass is 10.0. The second-order valence-electron chi connectivity index (χ2n) is 7.46. The van der Waals surface area contributed by atoms with E-state index in [1.54, 1.807) is 0 Å². The summed E-state index contributed by atoms with van der Waals surface area (Å²) < 4.78 is 5.77. The predicted octanol–water partition coefficient (Wildman–Crippen LogP) is 5.93. The van der Waals surface area contributed by atoms with E-state index in [1.807, 2.05) is 0 Å². The zero-order chi connectivity index (χ0) is 19.5. The van der Waals surface area contributed by atoms with Crippen LogP contribution in [0.5, 0.6) is 0 Å². The van der Waals surface area contributed by atoms with Crippen LogP contribution in [0, 0.1) is 0 Å². The number of carbonyl (C=O) groups excluding carboxylic acids is 2. The minimum absolute atomic E-state index is 0.00858. The van der Waals surface area contributed by atoms with Crippen LogP contribution in [0.3, 0.4) is 0 Å². The van der Waals surface area contributed by atoms with Crippen molar-refractivity contribution in [2.24, 2.45) is 0 Å². The van der Waals surface area contributed by atoms with Gasteiger partial charge in [-0.25, -0.2) is 0 Å². The van der Waals surface area contributed by atoms with Gasteiger partial charge in [0.25, 0.3) is 0 Å². The van der Waals surface area contributed by atoms with Crippen molar-refractivity contribution < 1.29 is 14.3 Å². The summed E-state index contributed by atoms with van der Waals surface area (Å²) in [7, 11) is 0. The van der Waals surface area contributed by atoms with Crippen molar-refractivity contribution in [1.29, 1.82) is 0 Å². The molecule has 1 amide bonds. The average Bonchev–Trinajstić information content (AvgIpc) is 2.61. The maximum absolute atomic E-state index is 12.1. The second-order valence-corrected chi connectivity index (χ2v) is 7.46. The molecule has 0 fully saturated rings. The Morgan fingerprint density at radius 3 is 1.88 bits per heavy atom. The molecule has 1 unspecified atom stereocenters. The fraction of sp³-hybridized carbons (Fsp3) is 0.909. The first-order valence-electron chi connectivity index (χ1n) is 11.0. The van der Waals surface area contributed by atoms with Crippen molar-refractivity contribution in [3.8, 4) is 0 Å². The largest absolute Gasteiger partial charge is 0.462 e. The molecule has 0 heterocycles. The molecule has 0 aromatic rings. The lowest BCUT2D eigenvalue weighted by Crippen LogP contribution is -2.21. The van der Waals surface area contributed by atoms with Crippen molar-refractivity contribution in [3.05, 3.63) is 0 Å². The van der Waals surface area contributed by atoms with E-state index in [-0.39, 0.29) is 18.0 Å². The second kappa shape index (κ2) is 18.7. The molecular formula is C22H43NO3. The number of unbranched alkanes of at least 4 members (excludes halogenated alkanes) is 9. The molecule has 1 atom stereocenters. The van der Waals surface area contributed by atoms with Crippen LogP contribution in [-0.4, -0.2) is 24.5 Å². The molecule has 4 heteroatoms. The molecule has 4 nitrogen and oxygen atoms in total. The summed E-state index contributed by atoms with van der Waals surface area (Å²) in [4.78, 5) is 22.9.